The van der Waals surface area contributed by atoms with Gasteiger partial charge in [0.25, 0.3) is 0 Å². The van der Waals surface area contributed by atoms with Crippen molar-refractivity contribution < 1.29 is 14.3 Å². The molecule has 1 aromatic rings. The Morgan fingerprint density at radius 1 is 1.30 bits per heavy atom. The van der Waals surface area contributed by atoms with Crippen LogP contribution in [0.25, 0.3) is 0 Å². The highest BCUT2D eigenvalue weighted by Crippen LogP contribution is 2.45. The number of hydrogen-bond donors (Lipinski definition) is 0. The molecule has 30 heavy (non-hydrogen) atoms. The summed E-state index contributed by atoms with van der Waals surface area (Å²) in [6.45, 7) is 5.50. The lowest BCUT2D eigenvalue weighted by Gasteiger charge is -2.36. The molecule has 8 heteroatoms. The molecule has 3 aliphatic heterocycles. The molecule has 1 amide bonds. The molecule has 0 radical (unpaired) electrons. The van der Waals surface area contributed by atoms with E-state index >= 15 is 0 Å². The van der Waals surface area contributed by atoms with Crippen molar-refractivity contribution in [2.45, 2.75) is 39.2 Å². The van der Waals surface area contributed by atoms with E-state index in [1.165, 1.54) is 11.8 Å². The fourth-order valence-corrected chi connectivity index (χ4v) is 5.23. The van der Waals surface area contributed by atoms with Crippen LogP contribution in [-0.4, -0.2) is 46.5 Å². The van der Waals surface area contributed by atoms with Gasteiger partial charge in [0.15, 0.2) is 5.17 Å². The minimum atomic E-state index is -0.442. The Morgan fingerprint density at radius 2 is 2.07 bits per heavy atom. The maximum atomic E-state index is 12.9. The molecule has 6 nitrogen and oxygen atoms in total. The van der Waals surface area contributed by atoms with Crippen molar-refractivity contribution in [3.63, 3.8) is 0 Å². The maximum Gasteiger partial charge on any atom is 0.338 e. The van der Waals surface area contributed by atoms with Crippen molar-refractivity contribution in [2.24, 2.45) is 4.99 Å². The highest BCUT2D eigenvalue weighted by atomic mass is 35.5. The van der Waals surface area contributed by atoms with E-state index < -0.39 is 12.0 Å². The first-order valence-corrected chi connectivity index (χ1v) is 11.4. The molecule has 0 N–H and O–H groups in total. The van der Waals surface area contributed by atoms with Crippen LogP contribution >= 0.6 is 23.4 Å². The van der Waals surface area contributed by atoms with Crippen LogP contribution in [0.4, 0.5) is 0 Å². The van der Waals surface area contributed by atoms with Crippen LogP contribution in [0.15, 0.2) is 51.6 Å². The minimum absolute atomic E-state index is 0.106. The molecule has 0 saturated carbocycles. The number of likely N-dealkylation sites (tertiary alicyclic amines) is 1. The van der Waals surface area contributed by atoms with Gasteiger partial charge in [0.05, 0.1) is 30.3 Å². The number of aliphatic imine (C=N–C) groups is 1. The Balaban J connectivity index is 1.72. The minimum Gasteiger partial charge on any atom is -0.463 e. The number of esters is 1. The van der Waals surface area contributed by atoms with Crippen LogP contribution in [0, 0.1) is 0 Å². The quantitative estimate of drug-likeness (QED) is 0.625. The van der Waals surface area contributed by atoms with Crippen LogP contribution in [0.2, 0.25) is 5.02 Å². The lowest BCUT2D eigenvalue weighted by molar-refractivity contribution is -0.139. The van der Waals surface area contributed by atoms with Crippen LogP contribution in [0.3, 0.4) is 0 Å². The summed E-state index contributed by atoms with van der Waals surface area (Å²) >= 11 is 7.75. The summed E-state index contributed by atoms with van der Waals surface area (Å²) < 4.78 is 5.35. The highest BCUT2D eigenvalue weighted by molar-refractivity contribution is 8.16. The van der Waals surface area contributed by atoms with Gasteiger partial charge in [0, 0.05) is 23.8 Å². The number of thioether (sulfide) groups is 1. The van der Waals surface area contributed by atoms with Gasteiger partial charge in [0.2, 0.25) is 5.91 Å². The molecule has 3 aliphatic rings. The van der Waals surface area contributed by atoms with Crippen molar-refractivity contribution in [1.82, 2.24) is 9.80 Å². The second kappa shape index (κ2) is 8.86. The molecule has 1 fully saturated rings. The summed E-state index contributed by atoms with van der Waals surface area (Å²) in [5.41, 5.74) is 2.80. The lowest BCUT2D eigenvalue weighted by Crippen LogP contribution is -2.38. The Bertz CT molecular complexity index is 966. The van der Waals surface area contributed by atoms with Gasteiger partial charge in [-0.15, -0.1) is 0 Å². The molecular formula is C22H24ClN3O3S. The normalized spacial score (nSPS) is 20.8. The Labute approximate surface area is 185 Å². The van der Waals surface area contributed by atoms with E-state index in [-0.39, 0.29) is 18.9 Å². The topological polar surface area (TPSA) is 62.2 Å². The van der Waals surface area contributed by atoms with E-state index in [0.717, 1.165) is 42.4 Å². The van der Waals surface area contributed by atoms with Gasteiger partial charge < -0.3 is 14.5 Å². The van der Waals surface area contributed by atoms with Gasteiger partial charge in [-0.1, -0.05) is 35.5 Å². The van der Waals surface area contributed by atoms with Gasteiger partial charge in [0.1, 0.15) is 0 Å². The van der Waals surface area contributed by atoms with Crippen LogP contribution < -0.4 is 0 Å². The second-order valence-electron chi connectivity index (χ2n) is 7.43. The molecule has 0 aliphatic carbocycles. The summed E-state index contributed by atoms with van der Waals surface area (Å²) in [4.78, 5) is 34.3. The van der Waals surface area contributed by atoms with Crippen molar-refractivity contribution in [3.05, 3.63) is 57.2 Å². The Kier molecular flexibility index (Phi) is 6.20. The van der Waals surface area contributed by atoms with E-state index in [1.807, 2.05) is 40.3 Å². The van der Waals surface area contributed by atoms with Crippen molar-refractivity contribution in [2.75, 3.05) is 19.7 Å². The zero-order valence-corrected chi connectivity index (χ0v) is 18.6. The Morgan fingerprint density at radius 3 is 2.77 bits per heavy atom. The number of halogens is 1. The molecule has 4 rings (SSSR count). The molecule has 1 atom stereocenters. The van der Waals surface area contributed by atoms with Crippen molar-refractivity contribution in [1.29, 1.82) is 0 Å². The summed E-state index contributed by atoms with van der Waals surface area (Å²) in [7, 11) is 0. The number of nitrogens with zero attached hydrogens (tertiary/aromatic N) is 3. The van der Waals surface area contributed by atoms with E-state index in [2.05, 4.69) is 4.99 Å². The molecule has 3 heterocycles. The molecular weight excluding hydrogens is 422 g/mol. The summed E-state index contributed by atoms with van der Waals surface area (Å²) in [5, 5.41) is 3.31. The largest absolute Gasteiger partial charge is 0.463 e. The van der Waals surface area contributed by atoms with E-state index in [4.69, 9.17) is 16.3 Å². The van der Waals surface area contributed by atoms with Crippen LogP contribution in [0.1, 0.15) is 44.7 Å². The first kappa shape index (κ1) is 21.0. The lowest BCUT2D eigenvalue weighted by atomic mass is 9.94. The van der Waals surface area contributed by atoms with Crippen molar-refractivity contribution in [3.8, 4) is 0 Å². The van der Waals surface area contributed by atoms with Crippen molar-refractivity contribution >= 4 is 40.4 Å². The fourth-order valence-electron chi connectivity index (χ4n) is 4.06. The third kappa shape index (κ3) is 4.01. The molecule has 0 spiro atoms. The third-order valence-corrected chi connectivity index (χ3v) is 6.58. The van der Waals surface area contributed by atoms with E-state index in [1.54, 1.807) is 13.0 Å². The predicted octanol–water partition coefficient (Wildman–Crippen LogP) is 4.49. The standard InChI is InChI=1S/C22H24ClN3O3S/c1-3-29-21(28)19-14(2)24-22-26(20(19)15-7-6-8-16(23)11-15)17(13-30-22)12-18(27)25-9-4-5-10-25/h6-8,11,13,20H,3-5,9-10,12H2,1-2H3. The number of ether oxygens (including phenoxy) is 1. The van der Waals surface area contributed by atoms with Gasteiger partial charge in [-0.2, -0.15) is 0 Å². The third-order valence-electron chi connectivity index (χ3n) is 5.45. The van der Waals surface area contributed by atoms with Gasteiger partial charge in [-0.05, 0) is 49.8 Å². The average Bonchev–Trinajstić information content (AvgIpc) is 3.37. The fraction of sp³-hybridized carbons (Fsp3) is 0.409. The van der Waals surface area contributed by atoms with Crippen LogP contribution in [0.5, 0.6) is 0 Å². The molecule has 0 bridgehead atoms. The second-order valence-corrected chi connectivity index (χ2v) is 8.71. The summed E-state index contributed by atoms with van der Waals surface area (Å²) in [6.07, 6.45) is 2.38. The number of carbonyl (C=O) groups is 2. The SMILES string of the molecule is CCOC(=O)C1=C(C)N=C2SC=C(CC(=O)N3CCCC3)N2C1c1cccc(Cl)c1. The molecule has 1 aromatic carbocycles. The van der Waals surface area contributed by atoms with E-state index in [9.17, 15) is 9.59 Å². The zero-order valence-electron chi connectivity index (χ0n) is 17.1. The number of fused-ring (bicyclic) bond motifs is 1. The molecule has 1 saturated heterocycles. The number of rotatable bonds is 5. The van der Waals surface area contributed by atoms with Gasteiger partial charge >= 0.3 is 5.97 Å². The van der Waals surface area contributed by atoms with Gasteiger partial charge in [-0.25, -0.2) is 9.79 Å². The number of benzene rings is 1. The number of allylic oxidation sites excluding steroid dienone is 1. The first-order valence-electron chi connectivity index (χ1n) is 10.1. The molecule has 158 valence electrons. The monoisotopic (exact) mass is 445 g/mol. The number of carbonyl (C=O) groups excluding carboxylic acids is 2. The van der Waals surface area contributed by atoms with Crippen LogP contribution in [-0.2, 0) is 14.3 Å². The Hall–Kier alpha value is -2.25. The number of hydrogen-bond acceptors (Lipinski definition) is 6. The smallest absolute Gasteiger partial charge is 0.338 e. The average molecular weight is 446 g/mol. The highest BCUT2D eigenvalue weighted by Gasteiger charge is 2.41. The number of amides is 1. The summed E-state index contributed by atoms with van der Waals surface area (Å²) in [6, 6.07) is 7.02. The summed E-state index contributed by atoms with van der Waals surface area (Å²) in [5.74, 6) is -0.292. The number of amidine groups is 1. The van der Waals surface area contributed by atoms with E-state index in [0.29, 0.717) is 16.3 Å². The molecule has 1 unspecified atom stereocenters. The zero-order chi connectivity index (χ0) is 21.3. The molecule has 0 aromatic heterocycles. The first-order chi connectivity index (χ1) is 14.5. The van der Waals surface area contributed by atoms with Gasteiger partial charge in [-0.3, -0.25) is 4.79 Å². The predicted molar refractivity (Wildman–Crippen MR) is 119 cm³/mol. The maximum absolute atomic E-state index is 12.9.